The smallest absolute Gasteiger partial charge is 0.274 e. The molecule has 0 spiro atoms. The number of carbonyl (C=O) groups is 1. The Kier molecular flexibility index (Phi) is 5.96. The Bertz CT molecular complexity index is 1010. The molecule has 2 N–H and O–H groups in total. The number of carbonyl (C=O) groups excluding carboxylic acids is 1. The highest BCUT2D eigenvalue weighted by atomic mass is 35.5. The SMILES string of the molecule is COc1cc(Nc2cc(C(=O)Nc3cccc(C)c3)ncn2)c(OC)cc1Cl. The number of halogens is 1. The van der Waals surface area contributed by atoms with Gasteiger partial charge in [-0.1, -0.05) is 23.7 Å². The van der Waals surface area contributed by atoms with Crippen molar-refractivity contribution in [2.45, 2.75) is 6.92 Å². The maximum atomic E-state index is 12.5. The van der Waals surface area contributed by atoms with Crippen LogP contribution in [0.2, 0.25) is 5.02 Å². The molecule has 28 heavy (non-hydrogen) atoms. The van der Waals surface area contributed by atoms with Crippen molar-refractivity contribution >= 4 is 34.7 Å². The van der Waals surface area contributed by atoms with Gasteiger partial charge in [0.15, 0.2) is 0 Å². The van der Waals surface area contributed by atoms with Crippen LogP contribution in [-0.4, -0.2) is 30.1 Å². The first-order chi connectivity index (χ1) is 13.5. The molecule has 3 rings (SSSR count). The van der Waals surface area contributed by atoms with Crippen LogP contribution in [0.25, 0.3) is 0 Å². The van der Waals surface area contributed by atoms with E-state index >= 15 is 0 Å². The van der Waals surface area contributed by atoms with Gasteiger partial charge in [0.25, 0.3) is 5.91 Å². The number of amides is 1. The number of hydrogen-bond donors (Lipinski definition) is 2. The predicted octanol–water partition coefficient (Wildman–Crippen LogP) is 4.45. The maximum absolute atomic E-state index is 12.5. The molecular weight excluding hydrogens is 380 g/mol. The highest BCUT2D eigenvalue weighted by Crippen LogP contribution is 2.37. The van der Waals surface area contributed by atoms with E-state index in [0.29, 0.717) is 33.7 Å². The minimum atomic E-state index is -0.336. The van der Waals surface area contributed by atoms with E-state index in [1.54, 1.807) is 18.2 Å². The Morgan fingerprint density at radius 3 is 2.54 bits per heavy atom. The minimum absolute atomic E-state index is 0.221. The van der Waals surface area contributed by atoms with Crippen LogP contribution < -0.4 is 20.1 Å². The Balaban J connectivity index is 1.83. The summed E-state index contributed by atoms with van der Waals surface area (Å²) in [6.45, 7) is 1.95. The molecule has 3 aromatic rings. The fourth-order valence-electron chi connectivity index (χ4n) is 2.56. The van der Waals surface area contributed by atoms with Crippen molar-refractivity contribution in [3.8, 4) is 11.5 Å². The summed E-state index contributed by atoms with van der Waals surface area (Å²) in [7, 11) is 3.06. The highest BCUT2D eigenvalue weighted by Gasteiger charge is 2.13. The molecule has 1 heterocycles. The molecule has 0 aliphatic heterocycles. The van der Waals surface area contributed by atoms with Crippen molar-refractivity contribution in [3.63, 3.8) is 0 Å². The largest absolute Gasteiger partial charge is 0.495 e. The molecule has 0 aliphatic rings. The van der Waals surface area contributed by atoms with Gasteiger partial charge in [-0.2, -0.15) is 0 Å². The Morgan fingerprint density at radius 2 is 1.82 bits per heavy atom. The van der Waals surface area contributed by atoms with Crippen LogP contribution >= 0.6 is 11.6 Å². The zero-order valence-electron chi connectivity index (χ0n) is 15.6. The molecule has 0 fully saturated rings. The van der Waals surface area contributed by atoms with Gasteiger partial charge in [-0.15, -0.1) is 0 Å². The van der Waals surface area contributed by atoms with Crippen molar-refractivity contribution < 1.29 is 14.3 Å². The Hall–Kier alpha value is -3.32. The molecule has 0 bridgehead atoms. The molecule has 0 radical (unpaired) electrons. The fraction of sp³-hybridized carbons (Fsp3) is 0.150. The number of nitrogens with one attached hydrogen (secondary N) is 2. The zero-order valence-corrected chi connectivity index (χ0v) is 16.4. The number of benzene rings is 2. The summed E-state index contributed by atoms with van der Waals surface area (Å²) < 4.78 is 10.6. The number of aryl methyl sites for hydroxylation is 1. The van der Waals surface area contributed by atoms with Crippen molar-refractivity contribution in [1.29, 1.82) is 0 Å². The van der Waals surface area contributed by atoms with E-state index in [1.807, 2.05) is 31.2 Å². The fourth-order valence-corrected chi connectivity index (χ4v) is 2.79. The third-order valence-corrected chi connectivity index (χ3v) is 4.21. The molecule has 1 aromatic heterocycles. The average Bonchev–Trinajstić information content (AvgIpc) is 2.69. The monoisotopic (exact) mass is 398 g/mol. The summed E-state index contributed by atoms with van der Waals surface area (Å²) in [6.07, 6.45) is 1.31. The lowest BCUT2D eigenvalue weighted by Gasteiger charge is -2.13. The van der Waals surface area contributed by atoms with Gasteiger partial charge >= 0.3 is 0 Å². The molecule has 0 aliphatic carbocycles. The predicted molar refractivity (Wildman–Crippen MR) is 109 cm³/mol. The first-order valence-corrected chi connectivity index (χ1v) is 8.76. The van der Waals surface area contributed by atoms with Gasteiger partial charge in [0.1, 0.15) is 29.3 Å². The van der Waals surface area contributed by atoms with Gasteiger partial charge in [-0.25, -0.2) is 9.97 Å². The molecule has 0 saturated heterocycles. The Morgan fingerprint density at radius 1 is 1.04 bits per heavy atom. The third-order valence-electron chi connectivity index (χ3n) is 3.91. The van der Waals surface area contributed by atoms with Gasteiger partial charge in [0.2, 0.25) is 0 Å². The molecule has 144 valence electrons. The van der Waals surface area contributed by atoms with Gasteiger partial charge in [-0.05, 0) is 24.6 Å². The van der Waals surface area contributed by atoms with Gasteiger partial charge in [-0.3, -0.25) is 4.79 Å². The summed E-state index contributed by atoms with van der Waals surface area (Å²) >= 11 is 6.13. The normalized spacial score (nSPS) is 10.3. The third kappa shape index (κ3) is 4.50. The number of nitrogens with zero attached hydrogens (tertiary/aromatic N) is 2. The lowest BCUT2D eigenvalue weighted by Crippen LogP contribution is -2.14. The molecule has 2 aromatic carbocycles. The van der Waals surface area contributed by atoms with Crippen molar-refractivity contribution in [3.05, 3.63) is 65.1 Å². The van der Waals surface area contributed by atoms with Crippen molar-refractivity contribution in [2.75, 3.05) is 24.9 Å². The number of aromatic nitrogens is 2. The van der Waals surface area contributed by atoms with Crippen LogP contribution in [0.3, 0.4) is 0 Å². The van der Waals surface area contributed by atoms with Crippen LogP contribution in [0, 0.1) is 6.92 Å². The maximum Gasteiger partial charge on any atom is 0.274 e. The second-order valence-corrected chi connectivity index (χ2v) is 6.33. The van der Waals surface area contributed by atoms with Gasteiger partial charge in [0, 0.05) is 23.9 Å². The van der Waals surface area contributed by atoms with Gasteiger partial charge < -0.3 is 20.1 Å². The second-order valence-electron chi connectivity index (χ2n) is 5.92. The molecule has 8 heteroatoms. The first-order valence-electron chi connectivity index (χ1n) is 8.38. The van der Waals surface area contributed by atoms with Gasteiger partial charge in [0.05, 0.1) is 24.9 Å². The van der Waals surface area contributed by atoms with Crippen LogP contribution in [0.4, 0.5) is 17.2 Å². The van der Waals surface area contributed by atoms with E-state index in [-0.39, 0.29) is 11.6 Å². The molecule has 1 amide bonds. The lowest BCUT2D eigenvalue weighted by atomic mass is 10.2. The molecule has 0 unspecified atom stereocenters. The van der Waals surface area contributed by atoms with Crippen molar-refractivity contribution in [1.82, 2.24) is 9.97 Å². The zero-order chi connectivity index (χ0) is 20.1. The van der Waals surface area contributed by atoms with E-state index in [0.717, 1.165) is 5.56 Å². The average molecular weight is 399 g/mol. The van der Waals surface area contributed by atoms with E-state index in [1.165, 1.54) is 20.5 Å². The number of ether oxygens (including phenoxy) is 2. The van der Waals surface area contributed by atoms with Crippen LogP contribution in [0.15, 0.2) is 48.8 Å². The summed E-state index contributed by atoms with van der Waals surface area (Å²) in [5.74, 6) is 1.08. The molecular formula is C20H19ClN4O3. The molecule has 7 nitrogen and oxygen atoms in total. The molecule has 0 saturated carbocycles. The van der Waals surface area contributed by atoms with Crippen LogP contribution in [0.1, 0.15) is 16.1 Å². The number of methoxy groups -OCH3 is 2. The van der Waals surface area contributed by atoms with E-state index in [2.05, 4.69) is 20.6 Å². The van der Waals surface area contributed by atoms with Crippen LogP contribution in [0.5, 0.6) is 11.5 Å². The Labute approximate surface area is 167 Å². The topological polar surface area (TPSA) is 85.4 Å². The number of hydrogen-bond acceptors (Lipinski definition) is 6. The number of rotatable bonds is 6. The quantitative estimate of drug-likeness (QED) is 0.638. The summed E-state index contributed by atoms with van der Waals surface area (Å²) in [5.41, 5.74) is 2.56. The highest BCUT2D eigenvalue weighted by molar-refractivity contribution is 6.32. The van der Waals surface area contributed by atoms with Crippen molar-refractivity contribution in [2.24, 2.45) is 0 Å². The minimum Gasteiger partial charge on any atom is -0.495 e. The number of anilines is 3. The second kappa shape index (κ2) is 8.58. The first kappa shape index (κ1) is 19.4. The van der Waals surface area contributed by atoms with Crippen LogP contribution in [-0.2, 0) is 0 Å². The summed E-state index contributed by atoms with van der Waals surface area (Å²) in [4.78, 5) is 20.7. The lowest BCUT2D eigenvalue weighted by molar-refractivity contribution is 0.102. The summed E-state index contributed by atoms with van der Waals surface area (Å²) in [6, 6.07) is 12.4. The van der Waals surface area contributed by atoms with E-state index in [4.69, 9.17) is 21.1 Å². The molecule has 0 atom stereocenters. The standard InChI is InChI=1S/C20H19ClN4O3/c1-12-5-4-6-13(7-12)24-20(26)16-10-19(23-11-22-16)25-15-9-17(27-2)14(21)8-18(15)28-3/h4-11H,1-3H3,(H,24,26)(H,22,23,25). The summed E-state index contributed by atoms with van der Waals surface area (Å²) in [5, 5.41) is 6.34. The van der Waals surface area contributed by atoms with E-state index in [9.17, 15) is 4.79 Å². The van der Waals surface area contributed by atoms with E-state index < -0.39 is 0 Å².